The van der Waals surface area contributed by atoms with Gasteiger partial charge in [-0.25, -0.2) is 9.38 Å². The van der Waals surface area contributed by atoms with E-state index in [1.165, 1.54) is 17.7 Å². The van der Waals surface area contributed by atoms with E-state index in [4.69, 9.17) is 4.99 Å². The van der Waals surface area contributed by atoms with Gasteiger partial charge in [0.05, 0.1) is 10.7 Å². The molecule has 0 heterocycles. The molecule has 0 unspecified atom stereocenters. The Kier molecular flexibility index (Phi) is 8.29. The quantitative estimate of drug-likeness (QED) is 0.382. The number of benzene rings is 2. The van der Waals surface area contributed by atoms with E-state index >= 15 is 0 Å². The fourth-order valence-corrected chi connectivity index (χ4v) is 3.58. The van der Waals surface area contributed by atoms with Crippen LogP contribution in [0.1, 0.15) is 25.0 Å². The summed E-state index contributed by atoms with van der Waals surface area (Å²) in [6, 6.07) is 14.9. The zero-order valence-corrected chi connectivity index (χ0v) is 16.5. The third kappa shape index (κ3) is 7.93. The zero-order chi connectivity index (χ0) is 18.1. The van der Waals surface area contributed by atoms with Crippen molar-refractivity contribution in [1.82, 2.24) is 0 Å². The molecule has 2 rings (SSSR count). The maximum atomic E-state index is 12.9. The van der Waals surface area contributed by atoms with Gasteiger partial charge < -0.3 is 0 Å². The lowest BCUT2D eigenvalue weighted by Gasteiger charge is -2.05. The van der Waals surface area contributed by atoms with E-state index in [9.17, 15) is 4.39 Å². The zero-order valence-electron chi connectivity index (χ0n) is 14.9. The smallest absolute Gasteiger partial charge is 0.123 e. The molecule has 0 saturated carbocycles. The lowest BCUT2D eigenvalue weighted by atomic mass is 10.2. The van der Waals surface area contributed by atoms with E-state index in [1.54, 1.807) is 23.5 Å². The summed E-state index contributed by atoms with van der Waals surface area (Å²) in [5, 5.41) is 3.09. The van der Waals surface area contributed by atoms with Crippen molar-refractivity contribution in [3.05, 3.63) is 77.0 Å². The van der Waals surface area contributed by atoms with Gasteiger partial charge >= 0.3 is 0 Å². The highest BCUT2D eigenvalue weighted by molar-refractivity contribution is 8.14. The van der Waals surface area contributed by atoms with E-state index in [0.29, 0.717) is 5.92 Å². The fraction of sp³-hybridized carbons (Fsp3) is 0.286. The number of rotatable bonds is 7. The van der Waals surface area contributed by atoms with Crippen molar-refractivity contribution in [2.75, 3.05) is 5.75 Å². The molecule has 2 aromatic rings. The van der Waals surface area contributed by atoms with Crippen LogP contribution in [0.25, 0.3) is 0 Å². The average molecular weight is 374 g/mol. The summed E-state index contributed by atoms with van der Waals surface area (Å²) < 4.78 is 12.9. The summed E-state index contributed by atoms with van der Waals surface area (Å²) in [6.45, 7) is 6.50. The van der Waals surface area contributed by atoms with E-state index in [0.717, 1.165) is 27.8 Å². The predicted molar refractivity (Wildman–Crippen MR) is 112 cm³/mol. The Hall–Kier alpha value is -1.52. The average Bonchev–Trinajstić information content (AvgIpc) is 2.59. The van der Waals surface area contributed by atoms with Crippen LogP contribution >= 0.6 is 23.5 Å². The Morgan fingerprint density at radius 2 is 1.76 bits per heavy atom. The van der Waals surface area contributed by atoms with Gasteiger partial charge in [0, 0.05) is 11.5 Å². The third-order valence-electron chi connectivity index (χ3n) is 3.31. The number of hydrogen-bond donors (Lipinski definition) is 0. The Bertz CT molecular complexity index is 704. The van der Waals surface area contributed by atoms with E-state index in [2.05, 4.69) is 44.4 Å². The Morgan fingerprint density at radius 3 is 2.40 bits per heavy atom. The van der Waals surface area contributed by atoms with Crippen molar-refractivity contribution in [3.63, 3.8) is 0 Å². The molecule has 0 fully saturated rings. The molecule has 0 aliphatic carbocycles. The molecule has 0 radical (unpaired) electrons. The van der Waals surface area contributed by atoms with E-state index in [-0.39, 0.29) is 5.82 Å². The minimum absolute atomic E-state index is 0.193. The van der Waals surface area contributed by atoms with Gasteiger partial charge in [-0.3, -0.25) is 0 Å². The van der Waals surface area contributed by atoms with Crippen molar-refractivity contribution >= 4 is 34.3 Å². The minimum Gasteiger partial charge on any atom is -0.242 e. The maximum absolute atomic E-state index is 12.9. The van der Waals surface area contributed by atoms with Crippen molar-refractivity contribution in [1.29, 1.82) is 0 Å². The number of aliphatic imine (C=N–C) groups is 1. The van der Waals surface area contributed by atoms with E-state index in [1.807, 2.05) is 24.3 Å². The molecule has 0 aromatic heterocycles. The monoisotopic (exact) mass is 373 g/mol. The molecule has 0 bridgehead atoms. The SMILES string of the molecule is Cc1ccc(N=C(C=CSCc2ccc(F)cc2)SCC(C)C)cc1. The Morgan fingerprint density at radius 1 is 1.08 bits per heavy atom. The Labute approximate surface area is 158 Å². The predicted octanol–water partition coefficient (Wildman–Crippen LogP) is 7.00. The molecule has 1 nitrogen and oxygen atoms in total. The van der Waals surface area contributed by atoms with Crippen LogP contribution in [0, 0.1) is 18.7 Å². The van der Waals surface area contributed by atoms with Crippen LogP contribution in [-0.4, -0.2) is 10.8 Å². The molecular weight excluding hydrogens is 349 g/mol. The summed E-state index contributed by atoms with van der Waals surface area (Å²) in [4.78, 5) is 4.76. The van der Waals surface area contributed by atoms with Crippen LogP contribution in [0.2, 0.25) is 0 Å². The lowest BCUT2D eigenvalue weighted by molar-refractivity contribution is 0.627. The first-order valence-corrected chi connectivity index (χ1v) is 10.4. The number of hydrogen-bond acceptors (Lipinski definition) is 3. The molecule has 0 N–H and O–H groups in total. The molecule has 0 aliphatic heterocycles. The first-order chi connectivity index (χ1) is 12.0. The molecular formula is C21H24FNS2. The summed E-state index contributed by atoms with van der Waals surface area (Å²) in [7, 11) is 0. The van der Waals surface area contributed by atoms with Gasteiger partial charge in [0.25, 0.3) is 0 Å². The van der Waals surface area contributed by atoms with Crippen LogP contribution in [0.4, 0.5) is 10.1 Å². The molecule has 2 aromatic carbocycles. The normalized spacial score (nSPS) is 12.3. The largest absolute Gasteiger partial charge is 0.242 e. The standard InChI is InChI=1S/C21H24FNS2/c1-16(2)14-25-21(23-20-10-4-17(3)5-11-20)12-13-24-15-18-6-8-19(22)9-7-18/h4-13,16H,14-15H2,1-3H3. The molecule has 0 saturated heterocycles. The van der Waals surface area contributed by atoms with Crippen molar-refractivity contribution in [2.45, 2.75) is 26.5 Å². The van der Waals surface area contributed by atoms with Gasteiger partial charge in [-0.2, -0.15) is 0 Å². The molecule has 0 aliphatic rings. The summed E-state index contributed by atoms with van der Waals surface area (Å²) in [5.41, 5.74) is 3.33. The van der Waals surface area contributed by atoms with Gasteiger partial charge in [0.1, 0.15) is 5.82 Å². The minimum atomic E-state index is -0.193. The second-order valence-corrected chi connectivity index (χ2v) is 8.17. The van der Waals surface area contributed by atoms with Gasteiger partial charge in [-0.05, 0) is 54.2 Å². The van der Waals surface area contributed by atoms with Crippen LogP contribution < -0.4 is 0 Å². The van der Waals surface area contributed by atoms with Crippen molar-refractivity contribution in [3.8, 4) is 0 Å². The number of thioether (sulfide) groups is 2. The summed E-state index contributed by atoms with van der Waals surface area (Å²) in [5.74, 6) is 2.29. The highest BCUT2D eigenvalue weighted by Gasteiger charge is 2.01. The van der Waals surface area contributed by atoms with Gasteiger partial charge in [-0.15, -0.1) is 23.5 Å². The Balaban J connectivity index is 1.99. The van der Waals surface area contributed by atoms with Crippen LogP contribution in [0.5, 0.6) is 0 Å². The van der Waals surface area contributed by atoms with Crippen LogP contribution in [-0.2, 0) is 5.75 Å². The number of aryl methyl sites for hydroxylation is 1. The van der Waals surface area contributed by atoms with E-state index < -0.39 is 0 Å². The van der Waals surface area contributed by atoms with Crippen molar-refractivity contribution < 1.29 is 4.39 Å². The van der Waals surface area contributed by atoms with Gasteiger partial charge in [0.15, 0.2) is 0 Å². The molecule has 0 atom stereocenters. The second kappa shape index (κ2) is 10.5. The van der Waals surface area contributed by atoms with Crippen LogP contribution in [0.3, 0.4) is 0 Å². The van der Waals surface area contributed by atoms with Gasteiger partial charge in [0.2, 0.25) is 0 Å². The highest BCUT2D eigenvalue weighted by atomic mass is 32.2. The second-order valence-electron chi connectivity index (χ2n) is 6.23. The lowest BCUT2D eigenvalue weighted by Crippen LogP contribution is -1.95. The highest BCUT2D eigenvalue weighted by Crippen LogP contribution is 2.20. The molecule has 0 spiro atoms. The first-order valence-electron chi connectivity index (χ1n) is 8.33. The molecule has 4 heteroatoms. The number of halogens is 1. The third-order valence-corrected chi connectivity index (χ3v) is 5.49. The maximum Gasteiger partial charge on any atom is 0.123 e. The molecule has 25 heavy (non-hydrogen) atoms. The molecule has 132 valence electrons. The van der Waals surface area contributed by atoms with Crippen molar-refractivity contribution in [2.24, 2.45) is 10.9 Å². The summed E-state index contributed by atoms with van der Waals surface area (Å²) in [6.07, 6.45) is 2.07. The fourth-order valence-electron chi connectivity index (χ4n) is 1.95. The summed E-state index contributed by atoms with van der Waals surface area (Å²) >= 11 is 3.47. The molecule has 0 amide bonds. The topological polar surface area (TPSA) is 12.4 Å². The number of nitrogens with zero attached hydrogens (tertiary/aromatic N) is 1. The van der Waals surface area contributed by atoms with Crippen LogP contribution in [0.15, 0.2) is 65.0 Å². The van der Waals surface area contributed by atoms with Gasteiger partial charge in [-0.1, -0.05) is 43.7 Å². The first kappa shape index (κ1) is 19.8.